The fourth-order valence-electron chi connectivity index (χ4n) is 2.44. The van der Waals surface area contributed by atoms with Gasteiger partial charge in [-0.3, -0.25) is 9.59 Å². The highest BCUT2D eigenvalue weighted by atomic mass is 32.1. The van der Waals surface area contributed by atoms with Gasteiger partial charge >= 0.3 is 0 Å². The van der Waals surface area contributed by atoms with Gasteiger partial charge in [0.05, 0.1) is 6.54 Å². The minimum atomic E-state index is -0.838. The Labute approximate surface area is 150 Å². The maximum atomic E-state index is 13.3. The smallest absolute Gasteiger partial charge is 0.269 e. The second-order valence-corrected chi connectivity index (χ2v) is 6.57. The lowest BCUT2D eigenvalue weighted by molar-refractivity contribution is 0.0993. The van der Waals surface area contributed by atoms with E-state index in [9.17, 15) is 18.4 Å². The molecular formula is C17H14F2N4O2S. The highest BCUT2D eigenvalue weighted by molar-refractivity contribution is 7.15. The third-order valence-corrected chi connectivity index (χ3v) is 4.61. The first-order valence-corrected chi connectivity index (χ1v) is 8.47. The Morgan fingerprint density at radius 1 is 1.31 bits per heavy atom. The molecule has 0 aliphatic carbocycles. The van der Waals surface area contributed by atoms with Crippen LogP contribution in [0.2, 0.25) is 0 Å². The highest BCUT2D eigenvalue weighted by Crippen LogP contribution is 2.27. The number of carbonyl (C=O) groups is 1. The molecule has 1 aromatic carbocycles. The van der Waals surface area contributed by atoms with E-state index in [0.717, 1.165) is 15.1 Å². The predicted molar refractivity (Wildman–Crippen MR) is 93.3 cm³/mol. The summed E-state index contributed by atoms with van der Waals surface area (Å²) in [5.74, 6) is -1.17. The van der Waals surface area contributed by atoms with Gasteiger partial charge in [-0.25, -0.2) is 18.4 Å². The van der Waals surface area contributed by atoms with Crippen LogP contribution in [0.5, 0.6) is 0 Å². The fourth-order valence-corrected chi connectivity index (χ4v) is 3.40. The molecule has 0 radical (unpaired) electrons. The lowest BCUT2D eigenvalue weighted by Crippen LogP contribution is -2.28. The van der Waals surface area contributed by atoms with Gasteiger partial charge in [0.2, 0.25) is 0 Å². The molecule has 3 aromatic rings. The van der Waals surface area contributed by atoms with Crippen molar-refractivity contribution in [1.82, 2.24) is 14.8 Å². The maximum absolute atomic E-state index is 13.3. The van der Waals surface area contributed by atoms with Crippen molar-refractivity contribution < 1.29 is 13.6 Å². The summed E-state index contributed by atoms with van der Waals surface area (Å²) in [6.45, 7) is -1.05. The van der Waals surface area contributed by atoms with Gasteiger partial charge in [0.1, 0.15) is 17.5 Å². The van der Waals surface area contributed by atoms with Crippen molar-refractivity contribution in [3.8, 4) is 10.6 Å². The van der Waals surface area contributed by atoms with Crippen LogP contribution in [-0.2, 0) is 13.0 Å². The van der Waals surface area contributed by atoms with Crippen LogP contribution in [0.4, 0.5) is 8.78 Å². The van der Waals surface area contributed by atoms with E-state index < -0.39 is 18.1 Å². The normalized spacial score (nSPS) is 10.8. The van der Waals surface area contributed by atoms with E-state index in [2.05, 4.69) is 10.1 Å². The molecule has 0 unspecified atom stereocenters. The molecule has 0 spiro atoms. The molecule has 26 heavy (non-hydrogen) atoms. The standard InChI is InChI=1S/C17H14F2N4O2S/c18-4-5-23-14(24)8-13(15(22-23)16(20)25)17-21-9-12(26-17)7-10-2-1-3-11(19)6-10/h1-3,6,8-9H,4-5,7H2,(H2,20,25). The van der Waals surface area contributed by atoms with Crippen LogP contribution in [0.3, 0.4) is 0 Å². The maximum Gasteiger partial charge on any atom is 0.269 e. The predicted octanol–water partition coefficient (Wildman–Crippen LogP) is 2.17. The largest absolute Gasteiger partial charge is 0.364 e. The van der Waals surface area contributed by atoms with Crippen LogP contribution in [0.25, 0.3) is 10.6 Å². The van der Waals surface area contributed by atoms with Crippen molar-refractivity contribution in [2.75, 3.05) is 6.67 Å². The van der Waals surface area contributed by atoms with Gasteiger partial charge < -0.3 is 5.73 Å². The highest BCUT2D eigenvalue weighted by Gasteiger charge is 2.18. The van der Waals surface area contributed by atoms with Crippen LogP contribution in [0.15, 0.2) is 41.3 Å². The topological polar surface area (TPSA) is 90.9 Å². The number of aromatic nitrogens is 3. The molecule has 3 rings (SSSR count). The number of alkyl halides is 1. The molecule has 0 fully saturated rings. The number of hydrogen-bond donors (Lipinski definition) is 1. The van der Waals surface area contributed by atoms with Crippen molar-refractivity contribution >= 4 is 17.2 Å². The van der Waals surface area contributed by atoms with Gasteiger partial charge in [-0.05, 0) is 17.7 Å². The second kappa shape index (κ2) is 7.52. The molecule has 2 heterocycles. The van der Waals surface area contributed by atoms with Gasteiger partial charge in [0.15, 0.2) is 5.69 Å². The van der Waals surface area contributed by atoms with Crippen LogP contribution >= 0.6 is 11.3 Å². The summed E-state index contributed by atoms with van der Waals surface area (Å²) in [7, 11) is 0. The number of rotatable bonds is 6. The summed E-state index contributed by atoms with van der Waals surface area (Å²) in [6.07, 6.45) is 2.04. The van der Waals surface area contributed by atoms with E-state index in [1.54, 1.807) is 18.3 Å². The van der Waals surface area contributed by atoms with E-state index in [0.29, 0.717) is 11.4 Å². The summed E-state index contributed by atoms with van der Waals surface area (Å²) < 4.78 is 26.6. The molecule has 6 nitrogen and oxygen atoms in total. The van der Waals surface area contributed by atoms with Crippen LogP contribution in [0, 0.1) is 5.82 Å². The zero-order chi connectivity index (χ0) is 18.7. The first kappa shape index (κ1) is 17.9. The number of benzene rings is 1. The third kappa shape index (κ3) is 3.83. The van der Waals surface area contributed by atoms with E-state index in [1.807, 2.05) is 0 Å². The average Bonchev–Trinajstić information content (AvgIpc) is 3.04. The molecule has 0 saturated carbocycles. The monoisotopic (exact) mass is 376 g/mol. The molecule has 0 bridgehead atoms. The summed E-state index contributed by atoms with van der Waals surface area (Å²) in [5.41, 5.74) is 5.61. The Balaban J connectivity index is 1.97. The van der Waals surface area contributed by atoms with Gasteiger partial charge in [0.25, 0.3) is 11.5 Å². The lowest BCUT2D eigenvalue weighted by atomic mass is 10.1. The lowest BCUT2D eigenvalue weighted by Gasteiger charge is -2.07. The Hall–Kier alpha value is -2.94. The van der Waals surface area contributed by atoms with Crippen LogP contribution < -0.4 is 11.3 Å². The van der Waals surface area contributed by atoms with Gasteiger partial charge in [0, 0.05) is 29.1 Å². The number of aryl methyl sites for hydroxylation is 1. The zero-order valence-electron chi connectivity index (χ0n) is 13.5. The van der Waals surface area contributed by atoms with Crippen molar-refractivity contribution in [3.63, 3.8) is 0 Å². The van der Waals surface area contributed by atoms with Crippen molar-refractivity contribution in [2.45, 2.75) is 13.0 Å². The number of carbonyl (C=O) groups excluding carboxylic acids is 1. The summed E-state index contributed by atoms with van der Waals surface area (Å²) in [6, 6.07) is 7.36. The summed E-state index contributed by atoms with van der Waals surface area (Å²) in [5, 5.41) is 4.24. The Morgan fingerprint density at radius 2 is 2.12 bits per heavy atom. The first-order chi connectivity index (χ1) is 12.5. The van der Waals surface area contributed by atoms with Crippen LogP contribution in [-0.4, -0.2) is 27.3 Å². The van der Waals surface area contributed by atoms with E-state index in [1.165, 1.54) is 29.5 Å². The number of halogens is 2. The number of amides is 1. The van der Waals surface area contributed by atoms with Gasteiger partial charge in [-0.15, -0.1) is 11.3 Å². The molecule has 2 aromatic heterocycles. The molecule has 9 heteroatoms. The molecule has 2 N–H and O–H groups in total. The Bertz CT molecular complexity index is 1020. The third-order valence-electron chi connectivity index (χ3n) is 3.58. The molecular weight excluding hydrogens is 362 g/mol. The zero-order valence-corrected chi connectivity index (χ0v) is 14.3. The molecule has 0 atom stereocenters. The van der Waals surface area contributed by atoms with Crippen molar-refractivity contribution in [2.24, 2.45) is 5.73 Å². The number of primary amides is 1. The summed E-state index contributed by atoms with van der Waals surface area (Å²) >= 11 is 1.24. The molecule has 0 aliphatic rings. The molecule has 0 saturated heterocycles. The van der Waals surface area contributed by atoms with Gasteiger partial charge in [-0.2, -0.15) is 5.10 Å². The first-order valence-electron chi connectivity index (χ1n) is 7.65. The Kier molecular flexibility index (Phi) is 5.17. The molecule has 134 valence electrons. The fraction of sp³-hybridized carbons (Fsp3) is 0.176. The van der Waals surface area contributed by atoms with Crippen molar-refractivity contribution in [1.29, 1.82) is 0 Å². The number of nitrogens with two attached hydrogens (primary N) is 1. The molecule has 0 aliphatic heterocycles. The summed E-state index contributed by atoms with van der Waals surface area (Å²) in [4.78, 5) is 28.7. The van der Waals surface area contributed by atoms with Crippen LogP contribution in [0.1, 0.15) is 20.9 Å². The van der Waals surface area contributed by atoms with E-state index in [-0.39, 0.29) is 23.6 Å². The minimum absolute atomic E-state index is 0.148. The van der Waals surface area contributed by atoms with E-state index >= 15 is 0 Å². The quantitative estimate of drug-likeness (QED) is 0.714. The number of nitrogens with zero attached hydrogens (tertiary/aromatic N) is 3. The average molecular weight is 376 g/mol. The van der Waals surface area contributed by atoms with Gasteiger partial charge in [-0.1, -0.05) is 12.1 Å². The van der Waals surface area contributed by atoms with E-state index in [4.69, 9.17) is 5.73 Å². The Morgan fingerprint density at radius 3 is 2.81 bits per heavy atom. The number of thiazole rings is 1. The SMILES string of the molecule is NC(=O)c1nn(CCF)c(=O)cc1-c1ncc(Cc2cccc(F)c2)s1. The van der Waals surface area contributed by atoms with Crippen molar-refractivity contribution in [3.05, 3.63) is 68.8 Å². The number of hydrogen-bond acceptors (Lipinski definition) is 5. The molecule has 1 amide bonds. The second-order valence-electron chi connectivity index (χ2n) is 5.46. The minimum Gasteiger partial charge on any atom is -0.364 e.